The van der Waals surface area contributed by atoms with Crippen molar-refractivity contribution in [1.82, 2.24) is 0 Å². The number of rotatable bonds is 0. The van der Waals surface area contributed by atoms with E-state index in [0.717, 1.165) is 12.8 Å². The second-order valence-corrected chi connectivity index (χ2v) is 5.10. The number of hydrogen-bond donors (Lipinski definition) is 2. The highest BCUT2D eigenvalue weighted by atomic mass is 16.5. The van der Waals surface area contributed by atoms with Crippen LogP contribution in [0.2, 0.25) is 0 Å². The average Bonchev–Trinajstić information content (AvgIpc) is 1.97. The zero-order chi connectivity index (χ0) is 9.85. The van der Waals surface area contributed by atoms with Gasteiger partial charge in [-0.3, -0.25) is 0 Å². The summed E-state index contributed by atoms with van der Waals surface area (Å²) >= 11 is 0. The standard InChI is InChI=1S/C10H18O3/c1-9(2)6-4-5-10(3,13-9)8(12)7(6)11/h6-8,11-12H,4-5H2,1-3H3. The molecule has 0 aromatic rings. The van der Waals surface area contributed by atoms with Crippen LogP contribution in [-0.2, 0) is 4.74 Å². The maximum atomic E-state index is 9.84. The van der Waals surface area contributed by atoms with Crippen molar-refractivity contribution in [2.75, 3.05) is 0 Å². The highest BCUT2D eigenvalue weighted by Gasteiger charge is 2.58. The fourth-order valence-electron chi connectivity index (χ4n) is 2.89. The lowest BCUT2D eigenvalue weighted by molar-refractivity contribution is -0.309. The van der Waals surface area contributed by atoms with E-state index >= 15 is 0 Å². The van der Waals surface area contributed by atoms with Crippen LogP contribution in [0.25, 0.3) is 0 Å². The molecule has 0 radical (unpaired) electrons. The smallest absolute Gasteiger partial charge is 0.109 e. The summed E-state index contributed by atoms with van der Waals surface area (Å²) in [5, 5.41) is 19.6. The Morgan fingerprint density at radius 1 is 1.23 bits per heavy atom. The fraction of sp³-hybridized carbons (Fsp3) is 1.00. The second kappa shape index (κ2) is 2.47. The molecule has 2 bridgehead atoms. The van der Waals surface area contributed by atoms with Gasteiger partial charge in [0.15, 0.2) is 0 Å². The van der Waals surface area contributed by atoms with Gasteiger partial charge >= 0.3 is 0 Å². The Morgan fingerprint density at radius 2 is 1.85 bits per heavy atom. The molecule has 1 saturated carbocycles. The molecule has 2 aliphatic heterocycles. The Morgan fingerprint density at radius 3 is 2.31 bits per heavy atom. The van der Waals surface area contributed by atoms with E-state index < -0.39 is 17.8 Å². The maximum Gasteiger partial charge on any atom is 0.109 e. The van der Waals surface area contributed by atoms with Gasteiger partial charge in [0, 0.05) is 5.92 Å². The first kappa shape index (κ1) is 9.44. The monoisotopic (exact) mass is 186 g/mol. The van der Waals surface area contributed by atoms with Gasteiger partial charge in [-0.2, -0.15) is 0 Å². The molecule has 2 N–H and O–H groups in total. The van der Waals surface area contributed by atoms with Gasteiger partial charge in [-0.1, -0.05) is 0 Å². The summed E-state index contributed by atoms with van der Waals surface area (Å²) in [5.74, 6) is 0.0734. The van der Waals surface area contributed by atoms with Gasteiger partial charge in [0.1, 0.15) is 6.10 Å². The first-order chi connectivity index (χ1) is 5.87. The van der Waals surface area contributed by atoms with Crippen LogP contribution >= 0.6 is 0 Å². The molecule has 0 amide bonds. The SMILES string of the molecule is CC1(C)OC2(C)CCC1C(O)C2O. The summed E-state index contributed by atoms with van der Waals surface area (Å²) in [4.78, 5) is 0. The molecule has 0 aromatic heterocycles. The van der Waals surface area contributed by atoms with Gasteiger partial charge in [0.25, 0.3) is 0 Å². The van der Waals surface area contributed by atoms with E-state index in [0.29, 0.717) is 0 Å². The molecule has 76 valence electrons. The van der Waals surface area contributed by atoms with Gasteiger partial charge in [-0.25, -0.2) is 0 Å². The Hall–Kier alpha value is -0.120. The molecule has 4 atom stereocenters. The second-order valence-electron chi connectivity index (χ2n) is 5.10. The maximum absolute atomic E-state index is 9.84. The highest BCUT2D eigenvalue weighted by Crippen LogP contribution is 2.49. The minimum absolute atomic E-state index is 0.0734. The molecule has 0 spiro atoms. The number of aliphatic hydroxyl groups excluding tert-OH is 2. The van der Waals surface area contributed by atoms with Crippen molar-refractivity contribution in [2.24, 2.45) is 5.92 Å². The zero-order valence-electron chi connectivity index (χ0n) is 8.45. The van der Waals surface area contributed by atoms with Crippen molar-refractivity contribution in [2.45, 2.75) is 57.0 Å². The summed E-state index contributed by atoms with van der Waals surface area (Å²) < 4.78 is 5.83. The Kier molecular flexibility index (Phi) is 1.79. The molecule has 3 heteroatoms. The summed E-state index contributed by atoms with van der Waals surface area (Å²) in [6.45, 7) is 5.87. The summed E-state index contributed by atoms with van der Waals surface area (Å²) in [6, 6.07) is 0. The third kappa shape index (κ3) is 1.14. The average molecular weight is 186 g/mol. The van der Waals surface area contributed by atoms with Crippen LogP contribution in [0, 0.1) is 5.92 Å². The minimum atomic E-state index is -0.723. The van der Waals surface area contributed by atoms with Crippen LogP contribution in [0.5, 0.6) is 0 Å². The molecule has 13 heavy (non-hydrogen) atoms. The van der Waals surface area contributed by atoms with E-state index in [1.54, 1.807) is 0 Å². The highest BCUT2D eigenvalue weighted by molar-refractivity contribution is 5.07. The van der Waals surface area contributed by atoms with Crippen molar-refractivity contribution < 1.29 is 14.9 Å². The van der Waals surface area contributed by atoms with Gasteiger partial charge in [0.2, 0.25) is 0 Å². The molecular formula is C10H18O3. The molecule has 3 nitrogen and oxygen atoms in total. The van der Waals surface area contributed by atoms with Gasteiger partial charge in [-0.05, 0) is 33.6 Å². The van der Waals surface area contributed by atoms with E-state index in [9.17, 15) is 10.2 Å². The molecule has 3 fully saturated rings. The quantitative estimate of drug-likeness (QED) is 0.585. The van der Waals surface area contributed by atoms with Crippen LogP contribution < -0.4 is 0 Å². The Labute approximate surface area is 78.7 Å². The van der Waals surface area contributed by atoms with Crippen LogP contribution in [0.1, 0.15) is 33.6 Å². The molecule has 4 unspecified atom stereocenters. The zero-order valence-corrected chi connectivity index (χ0v) is 8.45. The minimum Gasteiger partial charge on any atom is -0.390 e. The summed E-state index contributed by atoms with van der Waals surface area (Å²) in [5.41, 5.74) is -0.844. The lowest BCUT2D eigenvalue weighted by Crippen LogP contribution is -2.68. The number of fused-ring (bicyclic) bond motifs is 3. The van der Waals surface area contributed by atoms with E-state index in [4.69, 9.17) is 4.74 Å². The van der Waals surface area contributed by atoms with Crippen molar-refractivity contribution in [3.05, 3.63) is 0 Å². The van der Waals surface area contributed by atoms with E-state index in [2.05, 4.69) is 0 Å². The van der Waals surface area contributed by atoms with Crippen LogP contribution in [-0.4, -0.2) is 33.6 Å². The van der Waals surface area contributed by atoms with E-state index in [1.165, 1.54) is 0 Å². The third-order valence-corrected chi connectivity index (χ3v) is 3.70. The number of aliphatic hydroxyl groups is 2. The predicted molar refractivity (Wildman–Crippen MR) is 48.3 cm³/mol. The Bertz CT molecular complexity index is 226. The summed E-state index contributed by atoms with van der Waals surface area (Å²) in [6.07, 6.45) is 0.447. The molecule has 1 aliphatic carbocycles. The van der Waals surface area contributed by atoms with Crippen molar-refractivity contribution in [3.8, 4) is 0 Å². The van der Waals surface area contributed by atoms with Crippen molar-refractivity contribution in [3.63, 3.8) is 0 Å². The summed E-state index contributed by atoms with van der Waals surface area (Å²) in [7, 11) is 0. The normalized spacial score (nSPS) is 53.8. The first-order valence-corrected chi connectivity index (χ1v) is 4.93. The molecule has 0 aromatic carbocycles. The van der Waals surface area contributed by atoms with Gasteiger partial charge < -0.3 is 14.9 Å². The predicted octanol–water partition coefficient (Wildman–Crippen LogP) is 0.686. The number of ether oxygens (including phenoxy) is 1. The van der Waals surface area contributed by atoms with Crippen LogP contribution in [0.15, 0.2) is 0 Å². The molecule has 2 heterocycles. The lowest BCUT2D eigenvalue weighted by Gasteiger charge is -2.58. The van der Waals surface area contributed by atoms with Gasteiger partial charge in [-0.15, -0.1) is 0 Å². The third-order valence-electron chi connectivity index (χ3n) is 3.70. The first-order valence-electron chi connectivity index (χ1n) is 4.93. The van der Waals surface area contributed by atoms with Crippen molar-refractivity contribution >= 4 is 0 Å². The molecule has 3 aliphatic rings. The van der Waals surface area contributed by atoms with Crippen molar-refractivity contribution in [1.29, 1.82) is 0 Å². The molecule has 3 rings (SSSR count). The van der Waals surface area contributed by atoms with Crippen LogP contribution in [0.4, 0.5) is 0 Å². The Balaban J connectivity index is 2.34. The van der Waals surface area contributed by atoms with E-state index in [-0.39, 0.29) is 11.5 Å². The topological polar surface area (TPSA) is 49.7 Å². The largest absolute Gasteiger partial charge is 0.390 e. The van der Waals surface area contributed by atoms with E-state index in [1.807, 2.05) is 20.8 Å². The van der Waals surface area contributed by atoms with Crippen LogP contribution in [0.3, 0.4) is 0 Å². The molecule has 2 saturated heterocycles. The lowest BCUT2D eigenvalue weighted by atomic mass is 9.65. The number of hydrogen-bond acceptors (Lipinski definition) is 3. The fourth-order valence-corrected chi connectivity index (χ4v) is 2.89. The molecular weight excluding hydrogens is 168 g/mol. The van der Waals surface area contributed by atoms with Gasteiger partial charge in [0.05, 0.1) is 17.3 Å².